The monoisotopic (exact) mass is 426 g/mol. The first-order valence-corrected chi connectivity index (χ1v) is 10.7. The second-order valence-electron chi connectivity index (χ2n) is 6.24. The Kier molecular flexibility index (Phi) is 6.58. The maximum absolute atomic E-state index is 12.6. The Labute approximate surface area is 175 Å². The highest BCUT2D eigenvalue weighted by Gasteiger charge is 2.16. The summed E-state index contributed by atoms with van der Waals surface area (Å²) in [5.74, 6) is 0.798. The van der Waals surface area contributed by atoms with Crippen LogP contribution in [0, 0.1) is 0 Å². The van der Waals surface area contributed by atoms with Crippen LogP contribution >= 0.6 is 0 Å². The van der Waals surface area contributed by atoms with Gasteiger partial charge >= 0.3 is 0 Å². The Morgan fingerprint density at radius 3 is 2.23 bits per heavy atom. The number of nitrogens with one attached hydrogen (secondary N) is 2. The molecule has 8 heteroatoms. The minimum Gasteiger partial charge on any atom is -0.495 e. The van der Waals surface area contributed by atoms with E-state index in [2.05, 4.69) is 10.0 Å². The van der Waals surface area contributed by atoms with Crippen LogP contribution in [-0.4, -0.2) is 28.0 Å². The maximum Gasteiger partial charge on any atom is 0.262 e. The highest BCUT2D eigenvalue weighted by molar-refractivity contribution is 7.92. The van der Waals surface area contributed by atoms with Gasteiger partial charge in [-0.05, 0) is 67.6 Å². The second-order valence-corrected chi connectivity index (χ2v) is 7.92. The van der Waals surface area contributed by atoms with E-state index in [1.54, 1.807) is 48.5 Å². The number of hydrogen-bond acceptors (Lipinski definition) is 5. The summed E-state index contributed by atoms with van der Waals surface area (Å²) in [5.41, 5.74) is 1.28. The number of carbonyl (C=O) groups is 1. The van der Waals surface area contributed by atoms with Crippen LogP contribution in [0.5, 0.6) is 11.5 Å². The van der Waals surface area contributed by atoms with Gasteiger partial charge in [-0.2, -0.15) is 0 Å². The standard InChI is InChI=1S/C22H22N2O5S/c1-3-29-18-12-8-16(9-13-18)22(25)23-17-10-14-19(15-11-17)30(26,27)24-20-6-4-5-7-21(20)28-2/h4-15,24H,3H2,1-2H3,(H,23,25). The van der Waals surface area contributed by atoms with Gasteiger partial charge in [0.2, 0.25) is 0 Å². The van der Waals surface area contributed by atoms with Gasteiger partial charge in [0.25, 0.3) is 15.9 Å². The molecule has 0 radical (unpaired) electrons. The van der Waals surface area contributed by atoms with E-state index in [1.807, 2.05) is 6.92 Å². The number of hydrogen-bond donors (Lipinski definition) is 2. The summed E-state index contributed by atoms with van der Waals surface area (Å²) in [6.07, 6.45) is 0. The normalized spacial score (nSPS) is 10.9. The molecule has 0 fully saturated rings. The van der Waals surface area contributed by atoms with Gasteiger partial charge < -0.3 is 14.8 Å². The van der Waals surface area contributed by atoms with Crippen molar-refractivity contribution in [1.29, 1.82) is 0 Å². The van der Waals surface area contributed by atoms with Crippen molar-refractivity contribution in [3.8, 4) is 11.5 Å². The van der Waals surface area contributed by atoms with Crippen molar-refractivity contribution < 1.29 is 22.7 Å². The van der Waals surface area contributed by atoms with Crippen LogP contribution in [0.3, 0.4) is 0 Å². The average Bonchev–Trinajstić information content (AvgIpc) is 2.75. The number of carbonyl (C=O) groups excluding carboxylic acids is 1. The maximum atomic E-state index is 12.6. The molecule has 7 nitrogen and oxygen atoms in total. The van der Waals surface area contributed by atoms with Crippen LogP contribution in [0.2, 0.25) is 0 Å². The highest BCUT2D eigenvalue weighted by atomic mass is 32.2. The van der Waals surface area contributed by atoms with E-state index in [0.717, 1.165) is 0 Å². The second kappa shape index (κ2) is 9.32. The fourth-order valence-corrected chi connectivity index (χ4v) is 3.79. The first-order chi connectivity index (χ1) is 14.4. The van der Waals surface area contributed by atoms with Crippen molar-refractivity contribution in [2.75, 3.05) is 23.8 Å². The Morgan fingerprint density at radius 2 is 1.60 bits per heavy atom. The smallest absolute Gasteiger partial charge is 0.262 e. The quantitative estimate of drug-likeness (QED) is 0.564. The van der Waals surface area contributed by atoms with E-state index in [-0.39, 0.29) is 10.8 Å². The van der Waals surface area contributed by atoms with Gasteiger partial charge in [0.15, 0.2) is 0 Å². The summed E-state index contributed by atoms with van der Waals surface area (Å²) >= 11 is 0. The van der Waals surface area contributed by atoms with Crippen LogP contribution in [0.1, 0.15) is 17.3 Å². The minimum atomic E-state index is -3.81. The number of benzene rings is 3. The molecule has 3 aromatic rings. The lowest BCUT2D eigenvalue weighted by atomic mass is 10.2. The largest absolute Gasteiger partial charge is 0.495 e. The summed E-state index contributed by atoms with van der Waals surface area (Å²) in [5, 5.41) is 2.74. The van der Waals surface area contributed by atoms with E-state index in [0.29, 0.717) is 35.0 Å². The number of ether oxygens (including phenoxy) is 2. The highest BCUT2D eigenvalue weighted by Crippen LogP contribution is 2.26. The Hall–Kier alpha value is -3.52. The molecule has 3 rings (SSSR count). The van der Waals surface area contributed by atoms with E-state index in [9.17, 15) is 13.2 Å². The molecule has 0 unspecified atom stereocenters. The average molecular weight is 426 g/mol. The first-order valence-electron chi connectivity index (χ1n) is 9.23. The summed E-state index contributed by atoms with van der Waals surface area (Å²) in [4.78, 5) is 12.4. The predicted molar refractivity (Wildman–Crippen MR) is 116 cm³/mol. The molecule has 0 bridgehead atoms. The Morgan fingerprint density at radius 1 is 0.933 bits per heavy atom. The van der Waals surface area contributed by atoms with Gasteiger partial charge in [-0.3, -0.25) is 9.52 Å². The molecule has 1 amide bonds. The summed E-state index contributed by atoms with van der Waals surface area (Å²) in [7, 11) is -2.34. The third kappa shape index (κ3) is 5.09. The zero-order chi connectivity index (χ0) is 21.6. The van der Waals surface area contributed by atoms with Crippen LogP contribution in [0.25, 0.3) is 0 Å². The molecule has 0 spiro atoms. The number of amides is 1. The fraction of sp³-hybridized carbons (Fsp3) is 0.136. The third-order valence-corrected chi connectivity index (χ3v) is 5.58. The van der Waals surface area contributed by atoms with Gasteiger partial charge in [0.05, 0.1) is 24.3 Å². The molecule has 0 atom stereocenters. The van der Waals surface area contributed by atoms with E-state index in [1.165, 1.54) is 31.4 Å². The van der Waals surface area contributed by atoms with Crippen LogP contribution in [0.4, 0.5) is 11.4 Å². The van der Waals surface area contributed by atoms with Crippen LogP contribution < -0.4 is 19.5 Å². The third-order valence-electron chi connectivity index (χ3n) is 4.20. The van der Waals surface area contributed by atoms with Gasteiger partial charge in [0.1, 0.15) is 11.5 Å². The molecule has 0 aliphatic heterocycles. The molecule has 0 aliphatic carbocycles. The van der Waals surface area contributed by atoms with E-state index < -0.39 is 10.0 Å². The molecule has 30 heavy (non-hydrogen) atoms. The van der Waals surface area contributed by atoms with Crippen LogP contribution in [0.15, 0.2) is 77.7 Å². The summed E-state index contributed by atoms with van der Waals surface area (Å²) in [6.45, 7) is 2.43. The number of rotatable bonds is 8. The molecule has 0 saturated heterocycles. The van der Waals surface area contributed by atoms with Crippen LogP contribution in [-0.2, 0) is 10.0 Å². The topological polar surface area (TPSA) is 93.7 Å². The molecule has 0 saturated carbocycles. The lowest BCUT2D eigenvalue weighted by Gasteiger charge is -2.12. The molecule has 2 N–H and O–H groups in total. The van der Waals surface area contributed by atoms with Crippen molar-refractivity contribution in [1.82, 2.24) is 0 Å². The molecule has 0 aliphatic rings. The Bertz CT molecular complexity index is 1110. The van der Waals surface area contributed by atoms with Crippen molar-refractivity contribution in [3.63, 3.8) is 0 Å². The lowest BCUT2D eigenvalue weighted by Crippen LogP contribution is -2.14. The molecule has 0 aromatic heterocycles. The predicted octanol–water partition coefficient (Wildman–Crippen LogP) is 4.15. The van der Waals surface area contributed by atoms with E-state index >= 15 is 0 Å². The number of sulfonamides is 1. The number of anilines is 2. The first kappa shape index (κ1) is 21.2. The van der Waals surface area contributed by atoms with Crippen molar-refractivity contribution >= 4 is 27.3 Å². The molecular weight excluding hydrogens is 404 g/mol. The summed E-state index contributed by atoms with van der Waals surface area (Å²) in [6, 6.07) is 19.4. The zero-order valence-electron chi connectivity index (χ0n) is 16.6. The van der Waals surface area contributed by atoms with Crippen molar-refractivity contribution in [3.05, 3.63) is 78.4 Å². The SMILES string of the molecule is CCOc1ccc(C(=O)Nc2ccc(S(=O)(=O)Nc3ccccc3OC)cc2)cc1. The van der Waals surface area contributed by atoms with Crippen molar-refractivity contribution in [2.45, 2.75) is 11.8 Å². The Balaban J connectivity index is 1.70. The fourth-order valence-electron chi connectivity index (χ4n) is 2.72. The number of methoxy groups -OCH3 is 1. The van der Waals surface area contributed by atoms with Gasteiger partial charge in [0, 0.05) is 11.3 Å². The van der Waals surface area contributed by atoms with E-state index in [4.69, 9.17) is 9.47 Å². The molecule has 156 valence electrons. The summed E-state index contributed by atoms with van der Waals surface area (Å²) < 4.78 is 38.3. The van der Waals surface area contributed by atoms with Gasteiger partial charge in [-0.1, -0.05) is 12.1 Å². The molecular formula is C22H22N2O5S. The zero-order valence-corrected chi connectivity index (χ0v) is 17.4. The van der Waals surface area contributed by atoms with Crippen molar-refractivity contribution in [2.24, 2.45) is 0 Å². The van der Waals surface area contributed by atoms with Gasteiger partial charge in [-0.15, -0.1) is 0 Å². The molecule has 3 aromatic carbocycles. The lowest BCUT2D eigenvalue weighted by molar-refractivity contribution is 0.102. The number of para-hydroxylation sites is 2. The minimum absolute atomic E-state index is 0.0625. The molecule has 0 heterocycles. The van der Waals surface area contributed by atoms with Gasteiger partial charge in [-0.25, -0.2) is 8.42 Å².